The van der Waals surface area contributed by atoms with Gasteiger partial charge in [-0.25, -0.2) is 13.2 Å². The molecule has 1 N–H and O–H groups in total. The molecule has 0 aliphatic carbocycles. The Hall–Kier alpha value is -0.920. The lowest BCUT2D eigenvalue weighted by Gasteiger charge is -2.19. The molecule has 7 heteroatoms. The van der Waals surface area contributed by atoms with Gasteiger partial charge in [0.25, 0.3) is 10.0 Å². The van der Waals surface area contributed by atoms with Gasteiger partial charge in [0.2, 0.25) is 0 Å². The number of nitrogens with zero attached hydrogens (tertiary/aromatic N) is 1. The monoisotopic (exact) mass is 317 g/mol. The molecule has 1 aromatic rings. The standard InChI is InChI=1S/C13H19NO4S2/c1-2-10-4-3-6-14(7-5-10)20(17,18)12-8-11(9-19-12)13(15)16/h8-10H,2-7H2,1H3,(H,15,16). The van der Waals surface area contributed by atoms with E-state index in [1.165, 1.54) is 15.8 Å². The van der Waals surface area contributed by atoms with Crippen LogP contribution in [-0.4, -0.2) is 36.9 Å². The third-order valence-corrected chi connectivity index (χ3v) is 7.11. The number of hydrogen-bond donors (Lipinski definition) is 1. The maximum Gasteiger partial charge on any atom is 0.336 e. The molecule has 1 unspecified atom stereocenters. The molecule has 0 saturated carbocycles. The van der Waals surface area contributed by atoms with E-state index in [-0.39, 0.29) is 9.77 Å². The molecule has 1 aromatic heterocycles. The van der Waals surface area contributed by atoms with Crippen LogP contribution in [0.3, 0.4) is 0 Å². The van der Waals surface area contributed by atoms with E-state index in [4.69, 9.17) is 5.11 Å². The van der Waals surface area contributed by atoms with Crippen LogP contribution in [0.15, 0.2) is 15.7 Å². The van der Waals surface area contributed by atoms with Gasteiger partial charge in [0.1, 0.15) is 4.21 Å². The number of hydrogen-bond acceptors (Lipinski definition) is 4. The van der Waals surface area contributed by atoms with Gasteiger partial charge in [-0.2, -0.15) is 4.31 Å². The van der Waals surface area contributed by atoms with Crippen LogP contribution >= 0.6 is 11.3 Å². The predicted octanol–water partition coefficient (Wildman–Crippen LogP) is 2.65. The molecule has 1 fully saturated rings. The number of rotatable bonds is 4. The minimum absolute atomic E-state index is 0.0369. The Balaban J connectivity index is 2.18. The van der Waals surface area contributed by atoms with Crippen molar-refractivity contribution in [2.24, 2.45) is 5.92 Å². The third-order valence-electron chi connectivity index (χ3n) is 3.80. The number of carboxylic acids is 1. The quantitative estimate of drug-likeness (QED) is 0.926. The molecule has 2 heterocycles. The molecule has 1 aliphatic heterocycles. The Morgan fingerprint density at radius 2 is 2.20 bits per heavy atom. The molecule has 5 nitrogen and oxygen atoms in total. The molecule has 0 bridgehead atoms. The fraction of sp³-hybridized carbons (Fsp3) is 0.615. The Morgan fingerprint density at radius 1 is 1.45 bits per heavy atom. The topological polar surface area (TPSA) is 74.7 Å². The van der Waals surface area contributed by atoms with Gasteiger partial charge in [0.15, 0.2) is 0 Å². The zero-order valence-corrected chi connectivity index (χ0v) is 13.0. The molecule has 1 atom stereocenters. The van der Waals surface area contributed by atoms with Crippen LogP contribution in [0.1, 0.15) is 43.0 Å². The minimum Gasteiger partial charge on any atom is -0.478 e. The molecule has 20 heavy (non-hydrogen) atoms. The fourth-order valence-corrected chi connectivity index (χ4v) is 5.28. The molecular weight excluding hydrogens is 298 g/mol. The van der Waals surface area contributed by atoms with Crippen LogP contribution < -0.4 is 0 Å². The normalized spacial score (nSPS) is 21.6. The summed E-state index contributed by atoms with van der Waals surface area (Å²) < 4.78 is 26.7. The second-order valence-corrected chi connectivity index (χ2v) is 8.14. The van der Waals surface area contributed by atoms with Gasteiger partial charge in [0, 0.05) is 18.5 Å². The Morgan fingerprint density at radius 3 is 2.80 bits per heavy atom. The van der Waals surface area contributed by atoms with Crippen molar-refractivity contribution >= 4 is 27.3 Å². The van der Waals surface area contributed by atoms with Crippen molar-refractivity contribution < 1.29 is 18.3 Å². The lowest BCUT2D eigenvalue weighted by atomic mass is 9.98. The van der Waals surface area contributed by atoms with Crippen molar-refractivity contribution in [1.82, 2.24) is 4.31 Å². The van der Waals surface area contributed by atoms with Crippen LogP contribution in [0.4, 0.5) is 0 Å². The van der Waals surface area contributed by atoms with E-state index in [0.29, 0.717) is 19.0 Å². The smallest absolute Gasteiger partial charge is 0.336 e. The molecule has 0 radical (unpaired) electrons. The highest BCUT2D eigenvalue weighted by Gasteiger charge is 2.29. The van der Waals surface area contributed by atoms with E-state index in [1.54, 1.807) is 0 Å². The van der Waals surface area contributed by atoms with Crippen LogP contribution in [0.2, 0.25) is 0 Å². The van der Waals surface area contributed by atoms with E-state index < -0.39 is 16.0 Å². The lowest BCUT2D eigenvalue weighted by Crippen LogP contribution is -2.31. The highest BCUT2D eigenvalue weighted by atomic mass is 32.2. The summed E-state index contributed by atoms with van der Waals surface area (Å²) in [5, 5.41) is 10.3. The zero-order chi connectivity index (χ0) is 14.8. The second kappa shape index (κ2) is 6.24. The van der Waals surface area contributed by atoms with Crippen LogP contribution in [0.5, 0.6) is 0 Å². The largest absolute Gasteiger partial charge is 0.478 e. The summed E-state index contributed by atoms with van der Waals surface area (Å²) in [6, 6.07) is 1.25. The van der Waals surface area contributed by atoms with Gasteiger partial charge in [0.05, 0.1) is 5.56 Å². The maximum absolute atomic E-state index is 12.5. The first-order valence-corrected chi connectivity index (χ1v) is 9.09. The SMILES string of the molecule is CCC1CCCN(S(=O)(=O)c2cc(C(=O)O)cs2)CC1. The summed E-state index contributed by atoms with van der Waals surface area (Å²) in [5.41, 5.74) is 0.0369. The van der Waals surface area contributed by atoms with E-state index in [2.05, 4.69) is 6.92 Å². The average Bonchev–Trinajstić information content (AvgIpc) is 2.78. The Kier molecular flexibility index (Phi) is 4.82. The fourth-order valence-electron chi connectivity index (χ4n) is 2.48. The lowest BCUT2D eigenvalue weighted by molar-refractivity contribution is 0.0697. The predicted molar refractivity (Wildman–Crippen MR) is 77.7 cm³/mol. The van der Waals surface area contributed by atoms with E-state index >= 15 is 0 Å². The molecule has 1 saturated heterocycles. The summed E-state index contributed by atoms with van der Waals surface area (Å²) in [7, 11) is -3.54. The number of aromatic carboxylic acids is 1. The van der Waals surface area contributed by atoms with Gasteiger partial charge >= 0.3 is 5.97 Å². The van der Waals surface area contributed by atoms with Gasteiger partial charge < -0.3 is 5.11 Å². The zero-order valence-electron chi connectivity index (χ0n) is 11.4. The highest BCUT2D eigenvalue weighted by Crippen LogP contribution is 2.28. The summed E-state index contributed by atoms with van der Waals surface area (Å²) in [5.74, 6) is -0.502. The second-order valence-electron chi connectivity index (χ2n) is 5.07. The van der Waals surface area contributed by atoms with E-state index in [0.717, 1.165) is 37.0 Å². The first-order chi connectivity index (χ1) is 9.45. The van der Waals surface area contributed by atoms with Gasteiger partial charge in [-0.1, -0.05) is 13.3 Å². The maximum atomic E-state index is 12.5. The molecule has 0 aromatic carbocycles. The van der Waals surface area contributed by atoms with E-state index in [9.17, 15) is 13.2 Å². The van der Waals surface area contributed by atoms with Crippen molar-refractivity contribution in [3.05, 3.63) is 17.0 Å². The van der Waals surface area contributed by atoms with Crippen molar-refractivity contribution in [2.75, 3.05) is 13.1 Å². The van der Waals surface area contributed by atoms with Crippen LogP contribution in [0, 0.1) is 5.92 Å². The molecular formula is C13H19NO4S2. The van der Waals surface area contributed by atoms with Crippen molar-refractivity contribution in [2.45, 2.75) is 36.8 Å². The Labute approximate surface area is 123 Å². The van der Waals surface area contributed by atoms with Crippen molar-refractivity contribution in [1.29, 1.82) is 0 Å². The van der Waals surface area contributed by atoms with E-state index in [1.807, 2.05) is 0 Å². The molecule has 1 aliphatic rings. The summed E-state index contributed by atoms with van der Waals surface area (Å²) >= 11 is 0.981. The minimum atomic E-state index is -3.54. The molecule has 0 amide bonds. The van der Waals surface area contributed by atoms with Crippen LogP contribution in [-0.2, 0) is 10.0 Å². The Bertz CT molecular complexity index is 579. The van der Waals surface area contributed by atoms with Crippen molar-refractivity contribution in [3.8, 4) is 0 Å². The first-order valence-electron chi connectivity index (χ1n) is 6.77. The molecule has 0 spiro atoms. The van der Waals surface area contributed by atoms with Gasteiger partial charge in [-0.15, -0.1) is 11.3 Å². The third kappa shape index (κ3) is 3.21. The van der Waals surface area contributed by atoms with Crippen molar-refractivity contribution in [3.63, 3.8) is 0 Å². The molecule has 2 rings (SSSR count). The summed E-state index contributed by atoms with van der Waals surface area (Å²) in [6.45, 7) is 3.19. The number of carboxylic acid groups (broad SMARTS) is 1. The van der Waals surface area contributed by atoms with Crippen LogP contribution in [0.25, 0.3) is 0 Å². The molecule has 112 valence electrons. The summed E-state index contributed by atoms with van der Waals surface area (Å²) in [6.07, 6.45) is 3.89. The highest BCUT2D eigenvalue weighted by molar-refractivity contribution is 7.91. The number of carbonyl (C=O) groups is 1. The van der Waals surface area contributed by atoms with Gasteiger partial charge in [-0.3, -0.25) is 0 Å². The number of sulfonamides is 1. The summed E-state index contributed by atoms with van der Waals surface area (Å²) in [4.78, 5) is 10.9. The first kappa shape index (κ1) is 15.5. The average molecular weight is 317 g/mol. The van der Waals surface area contributed by atoms with Gasteiger partial charge in [-0.05, 0) is 31.2 Å². The number of thiophene rings is 1.